The van der Waals surface area contributed by atoms with Crippen LogP contribution in [-0.2, 0) is 9.59 Å². The van der Waals surface area contributed by atoms with E-state index >= 15 is 0 Å². The summed E-state index contributed by atoms with van der Waals surface area (Å²) in [5.41, 5.74) is 0.871. The number of benzene rings is 1. The van der Waals surface area contributed by atoms with E-state index in [4.69, 9.17) is 0 Å². The third kappa shape index (κ3) is 5.17. The molecule has 0 N–H and O–H groups in total. The molecule has 0 spiro atoms. The van der Waals surface area contributed by atoms with Crippen LogP contribution in [0.25, 0.3) is 0 Å². The number of nitrogens with zero attached hydrogens (tertiary/aromatic N) is 3. The van der Waals surface area contributed by atoms with Gasteiger partial charge in [0.1, 0.15) is 0 Å². The summed E-state index contributed by atoms with van der Waals surface area (Å²) >= 11 is 5.45. The zero-order valence-corrected chi connectivity index (χ0v) is 19.3. The fraction of sp³-hybridized carbons (Fsp3) is 0.636. The predicted molar refractivity (Wildman–Crippen MR) is 122 cm³/mol. The number of rotatable bonds is 4. The highest BCUT2D eigenvalue weighted by Crippen LogP contribution is 2.30. The molecule has 3 fully saturated rings. The molecule has 0 aromatic heterocycles. The quantitative estimate of drug-likeness (QED) is 0.661. The maximum absolute atomic E-state index is 13.5. The Balaban J connectivity index is 1.45. The molecule has 4 rings (SSSR count). The lowest BCUT2D eigenvalue weighted by molar-refractivity contribution is -0.138. The van der Waals surface area contributed by atoms with Gasteiger partial charge >= 0.3 is 0 Å². The van der Waals surface area contributed by atoms with Gasteiger partial charge in [-0.25, -0.2) is 0 Å². The van der Waals surface area contributed by atoms with E-state index in [0.29, 0.717) is 13.0 Å². The third-order valence-electron chi connectivity index (χ3n) is 6.23. The Kier molecular flexibility index (Phi) is 7.19. The fourth-order valence-electron chi connectivity index (χ4n) is 4.71. The van der Waals surface area contributed by atoms with Crippen LogP contribution in [0.15, 0.2) is 28.7 Å². The summed E-state index contributed by atoms with van der Waals surface area (Å²) in [5.74, 6) is 2.14. The van der Waals surface area contributed by atoms with Crippen LogP contribution in [0.2, 0.25) is 0 Å². The van der Waals surface area contributed by atoms with E-state index in [1.54, 1.807) is 4.90 Å². The van der Waals surface area contributed by atoms with Gasteiger partial charge in [-0.05, 0) is 56.3 Å². The molecule has 2 atom stereocenters. The molecular formula is C22H30BrN3O2S. The normalized spacial score (nSPS) is 26.6. The molecule has 0 aliphatic carbocycles. The summed E-state index contributed by atoms with van der Waals surface area (Å²) in [6, 6.07) is 8.04. The summed E-state index contributed by atoms with van der Waals surface area (Å²) in [6.45, 7) is 4.61. The molecule has 2 unspecified atom stereocenters. The van der Waals surface area contributed by atoms with Gasteiger partial charge < -0.3 is 14.7 Å². The zero-order chi connectivity index (χ0) is 20.2. The van der Waals surface area contributed by atoms with Crippen molar-refractivity contribution in [2.45, 2.75) is 38.1 Å². The fourth-order valence-corrected chi connectivity index (χ4v) is 6.16. The van der Waals surface area contributed by atoms with Crippen LogP contribution in [0.4, 0.5) is 5.69 Å². The van der Waals surface area contributed by atoms with E-state index in [0.717, 1.165) is 54.3 Å². The van der Waals surface area contributed by atoms with Crippen molar-refractivity contribution in [2.24, 2.45) is 5.92 Å². The summed E-state index contributed by atoms with van der Waals surface area (Å²) in [6.07, 6.45) is 5.24. The lowest BCUT2D eigenvalue weighted by Crippen LogP contribution is -2.51. The standard InChI is InChI=1S/C22H30BrN3O2S/c23-18-6-4-7-19(13-18)26-14-17(12-21(26)27)22(28)25-10-5-11-29-16-20(25)15-24-8-2-1-3-9-24/h4,6-7,13,17,20H,1-3,5,8-12,14-16H2. The first kappa shape index (κ1) is 21.2. The monoisotopic (exact) mass is 479 g/mol. The van der Waals surface area contributed by atoms with E-state index in [1.165, 1.54) is 19.3 Å². The second kappa shape index (κ2) is 9.84. The average molecular weight is 480 g/mol. The number of likely N-dealkylation sites (tertiary alicyclic amines) is 1. The lowest BCUT2D eigenvalue weighted by atomic mass is 10.0. The van der Waals surface area contributed by atoms with Gasteiger partial charge in [-0.3, -0.25) is 9.59 Å². The number of hydrogen-bond donors (Lipinski definition) is 0. The highest BCUT2D eigenvalue weighted by Gasteiger charge is 2.39. The second-order valence-corrected chi connectivity index (χ2v) is 10.4. The highest BCUT2D eigenvalue weighted by molar-refractivity contribution is 9.10. The smallest absolute Gasteiger partial charge is 0.228 e. The predicted octanol–water partition coefficient (Wildman–Crippen LogP) is 3.62. The summed E-state index contributed by atoms with van der Waals surface area (Å²) in [4.78, 5) is 32.6. The molecule has 2 amide bonds. The van der Waals surface area contributed by atoms with Crippen LogP contribution in [0.5, 0.6) is 0 Å². The van der Waals surface area contributed by atoms with Gasteiger partial charge in [-0.1, -0.05) is 28.4 Å². The third-order valence-corrected chi connectivity index (χ3v) is 7.92. The molecule has 5 nitrogen and oxygen atoms in total. The van der Waals surface area contributed by atoms with E-state index in [2.05, 4.69) is 25.7 Å². The van der Waals surface area contributed by atoms with E-state index in [9.17, 15) is 9.59 Å². The Hall–Kier alpha value is -1.05. The maximum Gasteiger partial charge on any atom is 0.228 e. The van der Waals surface area contributed by atoms with Crippen molar-refractivity contribution in [3.63, 3.8) is 0 Å². The molecule has 0 saturated carbocycles. The molecule has 3 aliphatic heterocycles. The Morgan fingerprint density at radius 3 is 2.76 bits per heavy atom. The number of hydrogen-bond acceptors (Lipinski definition) is 4. The Morgan fingerprint density at radius 1 is 1.14 bits per heavy atom. The molecule has 29 heavy (non-hydrogen) atoms. The molecule has 1 aromatic carbocycles. The number of carbonyl (C=O) groups excluding carboxylic acids is 2. The number of halogens is 1. The SMILES string of the molecule is O=C1CC(C(=O)N2CCCSCC2CN2CCCCC2)CN1c1cccc(Br)c1. The first-order valence-electron chi connectivity index (χ1n) is 10.8. The van der Waals surface area contributed by atoms with Crippen LogP contribution >= 0.6 is 27.7 Å². The summed E-state index contributed by atoms with van der Waals surface area (Å²) in [5, 5.41) is 0. The number of piperidine rings is 1. The molecular weight excluding hydrogens is 450 g/mol. The lowest BCUT2D eigenvalue weighted by Gasteiger charge is -2.36. The van der Waals surface area contributed by atoms with E-state index < -0.39 is 0 Å². The topological polar surface area (TPSA) is 43.9 Å². The Bertz CT molecular complexity index is 741. The van der Waals surface area contributed by atoms with Crippen molar-refractivity contribution in [3.05, 3.63) is 28.7 Å². The first-order valence-corrected chi connectivity index (χ1v) is 12.7. The van der Waals surface area contributed by atoms with Gasteiger partial charge in [-0.2, -0.15) is 11.8 Å². The van der Waals surface area contributed by atoms with Crippen LogP contribution in [-0.4, -0.2) is 71.9 Å². The Labute approximate surface area is 186 Å². The van der Waals surface area contributed by atoms with Crippen LogP contribution in [0.1, 0.15) is 32.1 Å². The minimum absolute atomic E-state index is 0.0539. The molecule has 0 radical (unpaired) electrons. The molecule has 1 aromatic rings. The van der Waals surface area contributed by atoms with Crippen molar-refractivity contribution < 1.29 is 9.59 Å². The van der Waals surface area contributed by atoms with Gasteiger partial charge in [0.25, 0.3) is 0 Å². The van der Waals surface area contributed by atoms with Crippen LogP contribution in [0, 0.1) is 5.92 Å². The number of amides is 2. The van der Waals surface area contributed by atoms with Crippen molar-refractivity contribution in [1.29, 1.82) is 0 Å². The maximum atomic E-state index is 13.5. The van der Waals surface area contributed by atoms with Crippen molar-refractivity contribution in [3.8, 4) is 0 Å². The average Bonchev–Trinajstić information content (AvgIpc) is 2.97. The molecule has 0 bridgehead atoms. The van der Waals surface area contributed by atoms with Gasteiger partial charge in [-0.15, -0.1) is 0 Å². The minimum Gasteiger partial charge on any atom is -0.337 e. The van der Waals surface area contributed by atoms with Crippen molar-refractivity contribution >= 4 is 45.2 Å². The van der Waals surface area contributed by atoms with Crippen molar-refractivity contribution in [1.82, 2.24) is 9.80 Å². The van der Waals surface area contributed by atoms with Gasteiger partial charge in [0.15, 0.2) is 0 Å². The van der Waals surface area contributed by atoms with E-state index in [1.807, 2.05) is 36.0 Å². The molecule has 3 aliphatic rings. The second-order valence-electron chi connectivity index (χ2n) is 8.36. The molecule has 7 heteroatoms. The van der Waals surface area contributed by atoms with Crippen LogP contribution < -0.4 is 4.90 Å². The largest absolute Gasteiger partial charge is 0.337 e. The summed E-state index contributed by atoms with van der Waals surface area (Å²) in [7, 11) is 0. The number of carbonyl (C=O) groups is 2. The number of thioether (sulfide) groups is 1. The van der Waals surface area contributed by atoms with Crippen LogP contribution in [0.3, 0.4) is 0 Å². The van der Waals surface area contributed by atoms with E-state index in [-0.39, 0.29) is 23.8 Å². The molecule has 158 valence electrons. The summed E-state index contributed by atoms with van der Waals surface area (Å²) < 4.78 is 0.948. The first-order chi connectivity index (χ1) is 14.1. The van der Waals surface area contributed by atoms with Gasteiger partial charge in [0.05, 0.1) is 12.0 Å². The Morgan fingerprint density at radius 2 is 1.97 bits per heavy atom. The molecule has 3 saturated heterocycles. The minimum atomic E-state index is -0.228. The number of anilines is 1. The highest BCUT2D eigenvalue weighted by atomic mass is 79.9. The zero-order valence-electron chi connectivity index (χ0n) is 16.9. The van der Waals surface area contributed by atoms with Gasteiger partial charge in [0, 0.05) is 42.0 Å². The molecule has 3 heterocycles. The van der Waals surface area contributed by atoms with Crippen molar-refractivity contribution in [2.75, 3.05) is 49.1 Å². The van der Waals surface area contributed by atoms with Gasteiger partial charge in [0.2, 0.25) is 11.8 Å².